The number of ether oxygens (including phenoxy) is 1. The highest BCUT2D eigenvalue weighted by atomic mass is 16.5. The SMILES string of the molecule is COC(C)(CC(C)(C)C)CC(C)(C)C. The van der Waals surface area contributed by atoms with Crippen LogP contribution in [0.15, 0.2) is 0 Å². The van der Waals surface area contributed by atoms with Crippen molar-refractivity contribution in [1.29, 1.82) is 0 Å². The average Bonchev–Trinajstić information content (AvgIpc) is 1.78. The second-order valence-corrected chi connectivity index (χ2v) is 7.13. The Bertz CT molecular complexity index is 153. The van der Waals surface area contributed by atoms with E-state index in [0.29, 0.717) is 10.8 Å². The lowest BCUT2D eigenvalue weighted by atomic mass is 9.75. The molecule has 0 unspecified atom stereocenters. The Morgan fingerprint density at radius 2 is 1.00 bits per heavy atom. The molecule has 0 amide bonds. The molecule has 14 heavy (non-hydrogen) atoms. The molecule has 0 fully saturated rings. The van der Waals surface area contributed by atoms with Gasteiger partial charge in [-0.05, 0) is 30.6 Å². The predicted octanol–water partition coefficient (Wildman–Crippen LogP) is 4.26. The van der Waals surface area contributed by atoms with Gasteiger partial charge < -0.3 is 4.74 Å². The maximum absolute atomic E-state index is 5.69. The molecule has 1 nitrogen and oxygen atoms in total. The van der Waals surface area contributed by atoms with E-state index in [1.165, 1.54) is 0 Å². The van der Waals surface area contributed by atoms with Gasteiger partial charge in [-0.15, -0.1) is 0 Å². The zero-order chi connectivity index (χ0) is 11.6. The minimum Gasteiger partial charge on any atom is -0.378 e. The summed E-state index contributed by atoms with van der Waals surface area (Å²) >= 11 is 0. The first-order valence-corrected chi connectivity index (χ1v) is 5.53. The summed E-state index contributed by atoms with van der Waals surface area (Å²) in [5.74, 6) is 0. The van der Waals surface area contributed by atoms with Gasteiger partial charge in [0.1, 0.15) is 0 Å². The fourth-order valence-electron chi connectivity index (χ4n) is 2.45. The van der Waals surface area contributed by atoms with Crippen LogP contribution in [0.4, 0.5) is 0 Å². The second kappa shape index (κ2) is 4.22. The van der Waals surface area contributed by atoms with Crippen LogP contribution in [0, 0.1) is 10.8 Å². The fraction of sp³-hybridized carbons (Fsp3) is 1.00. The topological polar surface area (TPSA) is 9.23 Å². The van der Waals surface area contributed by atoms with E-state index in [-0.39, 0.29) is 5.60 Å². The van der Waals surface area contributed by atoms with Gasteiger partial charge in [-0.2, -0.15) is 0 Å². The minimum atomic E-state index is 0.0104. The monoisotopic (exact) mass is 200 g/mol. The van der Waals surface area contributed by atoms with Crippen molar-refractivity contribution in [2.45, 2.75) is 66.9 Å². The van der Waals surface area contributed by atoms with E-state index in [1.54, 1.807) is 0 Å². The maximum Gasteiger partial charge on any atom is 0.0660 e. The summed E-state index contributed by atoms with van der Waals surface area (Å²) in [4.78, 5) is 0. The third kappa shape index (κ3) is 6.42. The molecule has 0 N–H and O–H groups in total. The molecule has 0 aliphatic carbocycles. The molecule has 1 heteroatoms. The lowest BCUT2D eigenvalue weighted by molar-refractivity contribution is -0.0518. The summed E-state index contributed by atoms with van der Waals surface area (Å²) in [5.41, 5.74) is 0.669. The highest BCUT2D eigenvalue weighted by Crippen LogP contribution is 2.37. The lowest BCUT2D eigenvalue weighted by Crippen LogP contribution is -2.36. The Morgan fingerprint density at radius 1 is 0.714 bits per heavy atom. The molecule has 86 valence electrons. The fourth-order valence-corrected chi connectivity index (χ4v) is 2.45. The Labute approximate surface area is 90.2 Å². The molecule has 0 atom stereocenters. The Kier molecular flexibility index (Phi) is 4.21. The van der Waals surface area contributed by atoms with Gasteiger partial charge in [0.15, 0.2) is 0 Å². The zero-order valence-corrected chi connectivity index (χ0v) is 11.3. The van der Waals surface area contributed by atoms with Crippen LogP contribution >= 0.6 is 0 Å². The van der Waals surface area contributed by atoms with Gasteiger partial charge in [0, 0.05) is 7.11 Å². The molecule has 0 aromatic rings. The van der Waals surface area contributed by atoms with E-state index in [2.05, 4.69) is 48.5 Å². The van der Waals surface area contributed by atoms with Crippen LogP contribution in [0.3, 0.4) is 0 Å². The first kappa shape index (κ1) is 14.0. The Morgan fingerprint density at radius 3 is 1.14 bits per heavy atom. The molecule has 0 rings (SSSR count). The van der Waals surface area contributed by atoms with E-state index in [4.69, 9.17) is 4.74 Å². The van der Waals surface area contributed by atoms with Crippen LogP contribution in [0.2, 0.25) is 0 Å². The van der Waals surface area contributed by atoms with Gasteiger partial charge in [0.2, 0.25) is 0 Å². The molecular weight excluding hydrogens is 172 g/mol. The molecule has 0 aliphatic heterocycles. The van der Waals surface area contributed by atoms with E-state index < -0.39 is 0 Å². The number of methoxy groups -OCH3 is 1. The average molecular weight is 200 g/mol. The van der Waals surface area contributed by atoms with Crippen LogP contribution in [0.25, 0.3) is 0 Å². The van der Waals surface area contributed by atoms with E-state index in [1.807, 2.05) is 7.11 Å². The molecule has 0 radical (unpaired) electrons. The summed E-state index contributed by atoms with van der Waals surface area (Å²) in [7, 11) is 1.83. The van der Waals surface area contributed by atoms with Crippen molar-refractivity contribution in [2.75, 3.05) is 7.11 Å². The number of hydrogen-bond acceptors (Lipinski definition) is 1. The predicted molar refractivity (Wildman–Crippen MR) is 63.6 cm³/mol. The quantitative estimate of drug-likeness (QED) is 0.661. The highest BCUT2D eigenvalue weighted by Gasteiger charge is 2.33. The van der Waals surface area contributed by atoms with Gasteiger partial charge in [0.05, 0.1) is 5.60 Å². The van der Waals surface area contributed by atoms with Gasteiger partial charge in [-0.3, -0.25) is 0 Å². The van der Waals surface area contributed by atoms with E-state index in [0.717, 1.165) is 12.8 Å². The van der Waals surface area contributed by atoms with Crippen molar-refractivity contribution in [3.8, 4) is 0 Å². The summed E-state index contributed by atoms with van der Waals surface area (Å²) in [6.07, 6.45) is 2.21. The molecule has 0 heterocycles. The molecule has 0 saturated carbocycles. The first-order valence-electron chi connectivity index (χ1n) is 5.53. The number of rotatable bonds is 3. The third-order valence-electron chi connectivity index (χ3n) is 2.30. The zero-order valence-electron chi connectivity index (χ0n) is 11.3. The molecular formula is C13H28O. The van der Waals surface area contributed by atoms with Crippen molar-refractivity contribution < 1.29 is 4.74 Å². The van der Waals surface area contributed by atoms with Crippen molar-refractivity contribution >= 4 is 0 Å². The van der Waals surface area contributed by atoms with Crippen molar-refractivity contribution in [1.82, 2.24) is 0 Å². The largest absolute Gasteiger partial charge is 0.378 e. The molecule has 0 aromatic carbocycles. The van der Waals surface area contributed by atoms with E-state index in [9.17, 15) is 0 Å². The summed E-state index contributed by atoms with van der Waals surface area (Å²) in [6, 6.07) is 0. The van der Waals surface area contributed by atoms with Gasteiger partial charge in [-0.1, -0.05) is 41.5 Å². The van der Waals surface area contributed by atoms with Crippen LogP contribution in [-0.4, -0.2) is 12.7 Å². The van der Waals surface area contributed by atoms with Gasteiger partial charge >= 0.3 is 0 Å². The van der Waals surface area contributed by atoms with E-state index >= 15 is 0 Å². The lowest BCUT2D eigenvalue weighted by Gasteiger charge is -2.39. The molecule has 0 spiro atoms. The van der Waals surface area contributed by atoms with Crippen LogP contribution < -0.4 is 0 Å². The highest BCUT2D eigenvalue weighted by molar-refractivity contribution is 4.85. The smallest absolute Gasteiger partial charge is 0.0660 e. The maximum atomic E-state index is 5.69. The Hall–Kier alpha value is -0.0400. The normalized spacial score (nSPS) is 14.6. The summed E-state index contributed by atoms with van der Waals surface area (Å²) in [5, 5.41) is 0. The summed E-state index contributed by atoms with van der Waals surface area (Å²) in [6.45, 7) is 15.9. The summed E-state index contributed by atoms with van der Waals surface area (Å²) < 4.78 is 5.69. The van der Waals surface area contributed by atoms with Crippen LogP contribution in [-0.2, 0) is 4.74 Å². The Balaban J connectivity index is 4.49. The standard InChI is InChI=1S/C13H28O/c1-11(2,3)9-13(7,14-8)10-12(4,5)6/h9-10H2,1-8H3. The van der Waals surface area contributed by atoms with Crippen molar-refractivity contribution in [3.05, 3.63) is 0 Å². The first-order chi connectivity index (χ1) is 5.97. The molecule has 0 aromatic heterocycles. The molecule has 0 bridgehead atoms. The van der Waals surface area contributed by atoms with Crippen molar-refractivity contribution in [3.63, 3.8) is 0 Å². The van der Waals surface area contributed by atoms with Gasteiger partial charge in [0.25, 0.3) is 0 Å². The second-order valence-electron chi connectivity index (χ2n) is 7.13. The van der Waals surface area contributed by atoms with Crippen LogP contribution in [0.1, 0.15) is 61.3 Å². The van der Waals surface area contributed by atoms with Crippen LogP contribution in [0.5, 0.6) is 0 Å². The number of hydrogen-bond donors (Lipinski definition) is 0. The minimum absolute atomic E-state index is 0.0104. The molecule has 0 saturated heterocycles. The van der Waals surface area contributed by atoms with Crippen molar-refractivity contribution in [2.24, 2.45) is 10.8 Å². The molecule has 0 aliphatic rings. The third-order valence-corrected chi connectivity index (χ3v) is 2.30. The van der Waals surface area contributed by atoms with Gasteiger partial charge in [-0.25, -0.2) is 0 Å².